The molecular formula is C12H14Br2ClNO2. The van der Waals surface area contributed by atoms with Crippen LogP contribution in [0.25, 0.3) is 0 Å². The average molecular weight is 400 g/mol. The van der Waals surface area contributed by atoms with E-state index in [0.717, 1.165) is 8.95 Å². The van der Waals surface area contributed by atoms with Crippen LogP contribution >= 0.6 is 43.5 Å². The standard InChI is InChI=1S/C12H14Br2ClNO2/c1-18-5-4-9(7-15)16-12(17)10-3-2-8(13)6-11(10)14/h2-3,6,9H,4-5,7H2,1H3,(H,16,17). The van der Waals surface area contributed by atoms with Gasteiger partial charge in [0, 0.05) is 34.6 Å². The molecule has 1 N–H and O–H groups in total. The van der Waals surface area contributed by atoms with E-state index in [1.54, 1.807) is 13.2 Å². The van der Waals surface area contributed by atoms with Crippen molar-refractivity contribution in [1.82, 2.24) is 5.32 Å². The first-order valence-corrected chi connectivity index (χ1v) is 7.51. The summed E-state index contributed by atoms with van der Waals surface area (Å²) in [5, 5.41) is 2.88. The van der Waals surface area contributed by atoms with Gasteiger partial charge in [0.1, 0.15) is 0 Å². The third-order valence-corrected chi connectivity index (χ3v) is 3.89. The zero-order chi connectivity index (χ0) is 13.5. The van der Waals surface area contributed by atoms with Crippen LogP contribution in [0.5, 0.6) is 0 Å². The molecule has 1 amide bonds. The first-order chi connectivity index (χ1) is 8.58. The van der Waals surface area contributed by atoms with E-state index in [0.29, 0.717) is 24.5 Å². The fraction of sp³-hybridized carbons (Fsp3) is 0.417. The van der Waals surface area contributed by atoms with Gasteiger partial charge in [0.2, 0.25) is 0 Å². The zero-order valence-corrected chi connectivity index (χ0v) is 13.8. The van der Waals surface area contributed by atoms with Crippen molar-refractivity contribution >= 4 is 49.4 Å². The molecule has 0 aliphatic heterocycles. The Morgan fingerprint density at radius 3 is 2.78 bits per heavy atom. The van der Waals surface area contributed by atoms with Crippen molar-refractivity contribution < 1.29 is 9.53 Å². The lowest BCUT2D eigenvalue weighted by Crippen LogP contribution is -2.37. The molecule has 0 aliphatic carbocycles. The zero-order valence-electron chi connectivity index (χ0n) is 9.88. The Hall–Kier alpha value is -0.100. The van der Waals surface area contributed by atoms with E-state index in [2.05, 4.69) is 37.2 Å². The summed E-state index contributed by atoms with van der Waals surface area (Å²) in [6, 6.07) is 5.32. The Labute approximate surface area is 128 Å². The number of halogens is 3. The molecule has 0 aromatic heterocycles. The minimum absolute atomic E-state index is 0.0883. The first kappa shape index (κ1) is 16.0. The van der Waals surface area contributed by atoms with Gasteiger partial charge in [-0.3, -0.25) is 4.79 Å². The fourth-order valence-corrected chi connectivity index (χ4v) is 2.84. The molecule has 0 spiro atoms. The number of benzene rings is 1. The lowest BCUT2D eigenvalue weighted by molar-refractivity contribution is 0.0929. The molecule has 1 rings (SSSR count). The Bertz CT molecular complexity index is 415. The minimum atomic E-state index is -0.142. The molecule has 0 saturated carbocycles. The maximum Gasteiger partial charge on any atom is 0.252 e. The summed E-state index contributed by atoms with van der Waals surface area (Å²) in [4.78, 5) is 12.1. The number of amides is 1. The molecule has 1 unspecified atom stereocenters. The second-order valence-corrected chi connectivity index (χ2v) is 5.81. The Morgan fingerprint density at radius 1 is 1.50 bits per heavy atom. The lowest BCUT2D eigenvalue weighted by atomic mass is 10.2. The quantitative estimate of drug-likeness (QED) is 0.743. The number of ether oxygens (including phenoxy) is 1. The minimum Gasteiger partial charge on any atom is -0.385 e. The highest BCUT2D eigenvalue weighted by molar-refractivity contribution is 9.11. The highest BCUT2D eigenvalue weighted by Crippen LogP contribution is 2.22. The van der Waals surface area contributed by atoms with Crippen molar-refractivity contribution in [2.24, 2.45) is 0 Å². The van der Waals surface area contributed by atoms with Crippen LogP contribution < -0.4 is 5.32 Å². The number of carbonyl (C=O) groups is 1. The predicted molar refractivity (Wildman–Crippen MR) is 80.3 cm³/mol. The second kappa shape index (κ2) is 8.15. The summed E-state index contributed by atoms with van der Waals surface area (Å²) >= 11 is 12.5. The summed E-state index contributed by atoms with van der Waals surface area (Å²) < 4.78 is 6.64. The van der Waals surface area contributed by atoms with Gasteiger partial charge in [-0.25, -0.2) is 0 Å². The van der Waals surface area contributed by atoms with Gasteiger partial charge in [0.15, 0.2) is 0 Å². The van der Waals surface area contributed by atoms with Gasteiger partial charge in [0.25, 0.3) is 5.91 Å². The highest BCUT2D eigenvalue weighted by Gasteiger charge is 2.15. The average Bonchev–Trinajstić information content (AvgIpc) is 2.34. The highest BCUT2D eigenvalue weighted by atomic mass is 79.9. The number of alkyl halides is 1. The van der Waals surface area contributed by atoms with Gasteiger partial charge < -0.3 is 10.1 Å². The van der Waals surface area contributed by atoms with Crippen LogP contribution in [0.2, 0.25) is 0 Å². The molecule has 1 aromatic carbocycles. The number of rotatable bonds is 6. The van der Waals surface area contributed by atoms with Crippen LogP contribution in [0.4, 0.5) is 0 Å². The van der Waals surface area contributed by atoms with Crippen LogP contribution in [0, 0.1) is 0 Å². The van der Waals surface area contributed by atoms with Crippen LogP contribution in [0.1, 0.15) is 16.8 Å². The van der Waals surface area contributed by atoms with Crippen molar-refractivity contribution in [3.63, 3.8) is 0 Å². The molecule has 3 nitrogen and oxygen atoms in total. The van der Waals surface area contributed by atoms with Crippen molar-refractivity contribution in [2.45, 2.75) is 12.5 Å². The Morgan fingerprint density at radius 2 is 2.22 bits per heavy atom. The second-order valence-electron chi connectivity index (χ2n) is 3.73. The van der Waals surface area contributed by atoms with E-state index in [1.807, 2.05) is 12.1 Å². The first-order valence-electron chi connectivity index (χ1n) is 5.39. The van der Waals surface area contributed by atoms with E-state index in [4.69, 9.17) is 16.3 Å². The molecule has 18 heavy (non-hydrogen) atoms. The van der Waals surface area contributed by atoms with Crippen molar-refractivity contribution in [1.29, 1.82) is 0 Å². The molecular weight excluding hydrogens is 385 g/mol. The van der Waals surface area contributed by atoms with Gasteiger partial charge in [-0.1, -0.05) is 15.9 Å². The third kappa shape index (κ3) is 4.88. The molecule has 100 valence electrons. The molecule has 1 aromatic rings. The molecule has 0 aliphatic rings. The maximum atomic E-state index is 12.1. The largest absolute Gasteiger partial charge is 0.385 e. The molecule has 1 atom stereocenters. The summed E-state index contributed by atoms with van der Waals surface area (Å²) in [7, 11) is 1.62. The number of carbonyl (C=O) groups excluding carboxylic acids is 1. The van der Waals surface area contributed by atoms with Crippen molar-refractivity contribution in [2.75, 3.05) is 19.6 Å². The van der Waals surface area contributed by atoms with Crippen molar-refractivity contribution in [3.8, 4) is 0 Å². The summed E-state index contributed by atoms with van der Waals surface area (Å²) in [5.74, 6) is 0.222. The summed E-state index contributed by atoms with van der Waals surface area (Å²) in [6.07, 6.45) is 0.694. The van der Waals surface area contributed by atoms with Crippen LogP contribution in [0.15, 0.2) is 27.1 Å². The van der Waals surface area contributed by atoms with Crippen molar-refractivity contribution in [3.05, 3.63) is 32.7 Å². The smallest absolute Gasteiger partial charge is 0.252 e. The predicted octanol–water partition coefficient (Wildman–Crippen LogP) is 3.59. The fourth-order valence-electron chi connectivity index (χ4n) is 1.38. The van der Waals surface area contributed by atoms with Crippen LogP contribution in [0.3, 0.4) is 0 Å². The topological polar surface area (TPSA) is 38.3 Å². The molecule has 0 heterocycles. The summed E-state index contributed by atoms with van der Waals surface area (Å²) in [6.45, 7) is 0.569. The van der Waals surface area contributed by atoms with Crippen LogP contribution in [-0.2, 0) is 4.74 Å². The SMILES string of the molecule is COCCC(CCl)NC(=O)c1ccc(Br)cc1Br. The number of hydrogen-bond donors (Lipinski definition) is 1. The van der Waals surface area contributed by atoms with Gasteiger partial charge in [-0.15, -0.1) is 11.6 Å². The van der Waals surface area contributed by atoms with E-state index in [1.165, 1.54) is 0 Å². The Balaban J connectivity index is 2.68. The van der Waals surface area contributed by atoms with E-state index in [9.17, 15) is 4.79 Å². The van der Waals surface area contributed by atoms with Gasteiger partial charge in [-0.05, 0) is 40.5 Å². The normalized spacial score (nSPS) is 12.2. The molecule has 0 radical (unpaired) electrons. The molecule has 6 heteroatoms. The number of nitrogens with one attached hydrogen (secondary N) is 1. The van der Waals surface area contributed by atoms with E-state index in [-0.39, 0.29) is 11.9 Å². The van der Waals surface area contributed by atoms with E-state index < -0.39 is 0 Å². The van der Waals surface area contributed by atoms with Crippen LogP contribution in [-0.4, -0.2) is 31.5 Å². The number of methoxy groups -OCH3 is 1. The molecule has 0 bridgehead atoms. The van der Waals surface area contributed by atoms with E-state index >= 15 is 0 Å². The van der Waals surface area contributed by atoms with Gasteiger partial charge >= 0.3 is 0 Å². The maximum absolute atomic E-state index is 12.1. The monoisotopic (exact) mass is 397 g/mol. The molecule has 0 fully saturated rings. The molecule has 0 saturated heterocycles. The summed E-state index contributed by atoms with van der Waals surface area (Å²) in [5.41, 5.74) is 0.589. The lowest BCUT2D eigenvalue weighted by Gasteiger charge is -2.16. The van der Waals surface area contributed by atoms with Gasteiger partial charge in [0.05, 0.1) is 5.56 Å². The Kier molecular flexibility index (Phi) is 7.22. The number of hydrogen-bond acceptors (Lipinski definition) is 2. The third-order valence-electron chi connectivity index (χ3n) is 2.37. The van der Waals surface area contributed by atoms with Gasteiger partial charge in [-0.2, -0.15) is 0 Å².